The molecule has 0 aromatic heterocycles. The molecule has 0 aliphatic carbocycles. The molecule has 0 bridgehead atoms. The molecule has 1 heterocycles. The van der Waals surface area contributed by atoms with Crippen LogP contribution in [-0.4, -0.2) is 35.4 Å². The predicted molar refractivity (Wildman–Crippen MR) is 99.8 cm³/mol. The summed E-state index contributed by atoms with van der Waals surface area (Å²) < 4.78 is 0. The van der Waals surface area contributed by atoms with E-state index in [1.54, 1.807) is 18.2 Å². The van der Waals surface area contributed by atoms with E-state index < -0.39 is 4.92 Å². The Morgan fingerprint density at radius 3 is 2.42 bits per heavy atom. The molecule has 1 amide bonds. The maximum atomic E-state index is 12.4. The Bertz CT molecular complexity index is 758. The number of carbonyl (C=O) groups excluding carboxylic acids is 1. The highest BCUT2D eigenvalue weighted by Crippen LogP contribution is 2.24. The predicted octanol–water partition coefficient (Wildman–Crippen LogP) is 3.09. The van der Waals surface area contributed by atoms with Crippen molar-refractivity contribution >= 4 is 11.6 Å². The summed E-state index contributed by atoms with van der Waals surface area (Å²) in [5.74, 6) is -0.195. The van der Waals surface area contributed by atoms with Crippen LogP contribution in [0.25, 0.3) is 0 Å². The van der Waals surface area contributed by atoms with Gasteiger partial charge in [0.05, 0.1) is 17.4 Å². The SMILES string of the molecule is O=C(Cc1ccccc1[N+](=O)[O-])NCC(c1ccccc1)N1CCCC1. The minimum Gasteiger partial charge on any atom is -0.354 e. The van der Waals surface area contributed by atoms with Crippen LogP contribution >= 0.6 is 0 Å². The molecule has 1 unspecified atom stereocenters. The summed E-state index contributed by atoms with van der Waals surface area (Å²) in [4.78, 5) is 25.4. The van der Waals surface area contributed by atoms with Gasteiger partial charge in [0.2, 0.25) is 5.91 Å². The van der Waals surface area contributed by atoms with Gasteiger partial charge in [0.25, 0.3) is 5.69 Å². The molecular formula is C20H23N3O3. The van der Waals surface area contributed by atoms with E-state index in [-0.39, 0.29) is 24.1 Å². The molecule has 1 atom stereocenters. The van der Waals surface area contributed by atoms with Crippen molar-refractivity contribution in [3.63, 3.8) is 0 Å². The zero-order valence-corrected chi connectivity index (χ0v) is 14.6. The quantitative estimate of drug-likeness (QED) is 0.613. The normalized spacial score (nSPS) is 15.5. The lowest BCUT2D eigenvalue weighted by Crippen LogP contribution is -2.37. The van der Waals surface area contributed by atoms with Crippen LogP contribution in [-0.2, 0) is 11.2 Å². The number of nitro groups is 1. The number of benzene rings is 2. The third-order valence-electron chi connectivity index (χ3n) is 4.80. The van der Waals surface area contributed by atoms with Gasteiger partial charge in [-0.1, -0.05) is 48.5 Å². The van der Waals surface area contributed by atoms with Crippen LogP contribution in [0.2, 0.25) is 0 Å². The molecule has 1 saturated heterocycles. The minimum atomic E-state index is -0.445. The molecule has 2 aromatic carbocycles. The Balaban J connectivity index is 1.65. The molecule has 1 aliphatic rings. The van der Waals surface area contributed by atoms with E-state index in [9.17, 15) is 14.9 Å². The summed E-state index contributed by atoms with van der Waals surface area (Å²) in [6.07, 6.45) is 2.36. The number of para-hydroxylation sites is 1. The van der Waals surface area contributed by atoms with Gasteiger partial charge >= 0.3 is 0 Å². The topological polar surface area (TPSA) is 75.5 Å². The van der Waals surface area contributed by atoms with Crippen molar-refractivity contribution in [2.24, 2.45) is 0 Å². The number of amides is 1. The van der Waals surface area contributed by atoms with Gasteiger partial charge < -0.3 is 5.32 Å². The van der Waals surface area contributed by atoms with Gasteiger partial charge in [0.1, 0.15) is 0 Å². The fourth-order valence-corrected chi connectivity index (χ4v) is 3.47. The lowest BCUT2D eigenvalue weighted by Gasteiger charge is -2.28. The van der Waals surface area contributed by atoms with Gasteiger partial charge in [-0.15, -0.1) is 0 Å². The summed E-state index contributed by atoms with van der Waals surface area (Å²) in [5.41, 5.74) is 1.61. The summed E-state index contributed by atoms with van der Waals surface area (Å²) in [7, 11) is 0. The van der Waals surface area contributed by atoms with Crippen LogP contribution < -0.4 is 5.32 Å². The van der Waals surface area contributed by atoms with Gasteiger partial charge in [-0.3, -0.25) is 19.8 Å². The van der Waals surface area contributed by atoms with Crippen LogP contribution in [0, 0.1) is 10.1 Å². The molecule has 2 aromatic rings. The number of nitrogens with zero attached hydrogens (tertiary/aromatic N) is 2. The van der Waals surface area contributed by atoms with E-state index in [1.165, 1.54) is 24.5 Å². The molecule has 6 nitrogen and oxygen atoms in total. The van der Waals surface area contributed by atoms with Crippen molar-refractivity contribution in [1.82, 2.24) is 10.2 Å². The lowest BCUT2D eigenvalue weighted by atomic mass is 10.1. The average Bonchev–Trinajstić information content (AvgIpc) is 3.17. The second kappa shape index (κ2) is 8.58. The Morgan fingerprint density at radius 1 is 1.08 bits per heavy atom. The van der Waals surface area contributed by atoms with Crippen molar-refractivity contribution < 1.29 is 9.72 Å². The van der Waals surface area contributed by atoms with Gasteiger partial charge in [-0.25, -0.2) is 0 Å². The smallest absolute Gasteiger partial charge is 0.273 e. The maximum Gasteiger partial charge on any atom is 0.273 e. The minimum absolute atomic E-state index is 0.0122. The number of likely N-dealkylation sites (tertiary alicyclic amines) is 1. The summed E-state index contributed by atoms with van der Waals surface area (Å²) in [6.45, 7) is 2.56. The Kier molecular flexibility index (Phi) is 5.96. The molecule has 3 rings (SSSR count). The fraction of sp³-hybridized carbons (Fsp3) is 0.350. The first-order valence-electron chi connectivity index (χ1n) is 8.93. The van der Waals surface area contributed by atoms with Crippen molar-refractivity contribution in [2.75, 3.05) is 19.6 Å². The van der Waals surface area contributed by atoms with Gasteiger partial charge in [0, 0.05) is 18.2 Å². The Hall–Kier alpha value is -2.73. The molecular weight excluding hydrogens is 330 g/mol. The van der Waals surface area contributed by atoms with Gasteiger partial charge in [-0.05, 0) is 31.5 Å². The van der Waals surface area contributed by atoms with E-state index in [1.807, 2.05) is 18.2 Å². The highest BCUT2D eigenvalue weighted by atomic mass is 16.6. The first kappa shape index (κ1) is 18.1. The van der Waals surface area contributed by atoms with E-state index >= 15 is 0 Å². The molecule has 0 spiro atoms. The van der Waals surface area contributed by atoms with Crippen molar-refractivity contribution in [2.45, 2.75) is 25.3 Å². The van der Waals surface area contributed by atoms with E-state index in [4.69, 9.17) is 0 Å². The zero-order chi connectivity index (χ0) is 18.4. The second-order valence-electron chi connectivity index (χ2n) is 6.54. The third kappa shape index (κ3) is 4.46. The van der Waals surface area contributed by atoms with E-state index in [0.29, 0.717) is 12.1 Å². The standard InChI is InChI=1S/C20H23N3O3/c24-20(14-17-10-4-5-11-18(17)23(25)26)21-15-19(22-12-6-7-13-22)16-8-2-1-3-9-16/h1-5,8-11,19H,6-7,12-15H2,(H,21,24). The van der Waals surface area contributed by atoms with Crippen LogP contribution in [0.1, 0.15) is 30.0 Å². The number of nitrogens with one attached hydrogen (secondary N) is 1. The zero-order valence-electron chi connectivity index (χ0n) is 14.6. The van der Waals surface area contributed by atoms with Gasteiger partial charge in [-0.2, -0.15) is 0 Å². The van der Waals surface area contributed by atoms with Crippen LogP contribution in [0.3, 0.4) is 0 Å². The lowest BCUT2D eigenvalue weighted by molar-refractivity contribution is -0.385. The summed E-state index contributed by atoms with van der Waals surface area (Å²) in [6, 6.07) is 16.7. The van der Waals surface area contributed by atoms with Crippen molar-refractivity contribution in [3.8, 4) is 0 Å². The summed E-state index contributed by atoms with van der Waals surface area (Å²) in [5, 5.41) is 14.1. The number of nitro benzene ring substituents is 1. The Morgan fingerprint density at radius 2 is 1.73 bits per heavy atom. The van der Waals surface area contributed by atoms with Crippen LogP contribution in [0.15, 0.2) is 54.6 Å². The largest absolute Gasteiger partial charge is 0.354 e. The second-order valence-corrected chi connectivity index (χ2v) is 6.54. The summed E-state index contributed by atoms with van der Waals surface area (Å²) >= 11 is 0. The molecule has 1 fully saturated rings. The highest BCUT2D eigenvalue weighted by Gasteiger charge is 2.24. The number of hydrogen-bond donors (Lipinski definition) is 1. The average molecular weight is 353 g/mol. The maximum absolute atomic E-state index is 12.4. The molecule has 1 aliphatic heterocycles. The monoisotopic (exact) mass is 353 g/mol. The van der Waals surface area contributed by atoms with Gasteiger partial charge in [0.15, 0.2) is 0 Å². The fourth-order valence-electron chi connectivity index (χ4n) is 3.47. The first-order valence-corrected chi connectivity index (χ1v) is 8.93. The molecule has 136 valence electrons. The number of rotatable bonds is 7. The van der Waals surface area contributed by atoms with Crippen LogP contribution in [0.4, 0.5) is 5.69 Å². The molecule has 0 radical (unpaired) electrons. The van der Waals surface area contributed by atoms with Crippen molar-refractivity contribution in [3.05, 3.63) is 75.8 Å². The highest BCUT2D eigenvalue weighted by molar-refractivity contribution is 5.79. The van der Waals surface area contributed by atoms with E-state index in [2.05, 4.69) is 22.3 Å². The molecule has 26 heavy (non-hydrogen) atoms. The third-order valence-corrected chi connectivity index (χ3v) is 4.80. The number of carbonyl (C=O) groups is 1. The molecule has 1 N–H and O–H groups in total. The first-order chi connectivity index (χ1) is 12.6. The molecule has 0 saturated carbocycles. The molecule has 6 heteroatoms. The van der Waals surface area contributed by atoms with Crippen LogP contribution in [0.5, 0.6) is 0 Å². The Labute approximate surface area is 153 Å². The number of hydrogen-bond acceptors (Lipinski definition) is 4. The van der Waals surface area contributed by atoms with Crippen molar-refractivity contribution in [1.29, 1.82) is 0 Å². The van der Waals surface area contributed by atoms with E-state index in [0.717, 1.165) is 13.1 Å².